The number of nitrogens with one attached hydrogen (secondary N) is 2. The number of hydrogen-bond donors (Lipinski definition) is 2. The summed E-state index contributed by atoms with van der Waals surface area (Å²) in [5, 5.41) is 5.35. The van der Waals surface area contributed by atoms with Crippen molar-refractivity contribution in [3.8, 4) is 0 Å². The molecular formula is C18H20N4O3. The SMILES string of the molecule is CNC(=O)c1ccc(NC(=O)c2ccc(N3CCOCC3)nc2)cc1. The van der Waals surface area contributed by atoms with E-state index in [0.717, 1.165) is 18.9 Å². The summed E-state index contributed by atoms with van der Waals surface area (Å²) in [5.74, 6) is 0.435. The Morgan fingerprint density at radius 1 is 1.00 bits per heavy atom. The molecule has 7 heteroatoms. The van der Waals surface area contributed by atoms with Crippen molar-refractivity contribution in [2.24, 2.45) is 0 Å². The second-order valence-corrected chi connectivity index (χ2v) is 5.62. The van der Waals surface area contributed by atoms with Gasteiger partial charge in [0, 0.05) is 37.6 Å². The van der Waals surface area contributed by atoms with Crippen molar-refractivity contribution in [2.75, 3.05) is 43.6 Å². The summed E-state index contributed by atoms with van der Waals surface area (Å²) in [6.45, 7) is 2.98. The van der Waals surface area contributed by atoms with E-state index in [0.29, 0.717) is 30.0 Å². The average molecular weight is 340 g/mol. The van der Waals surface area contributed by atoms with Gasteiger partial charge in [0.2, 0.25) is 0 Å². The van der Waals surface area contributed by atoms with Crippen LogP contribution >= 0.6 is 0 Å². The number of carbonyl (C=O) groups is 2. The van der Waals surface area contributed by atoms with Crippen molar-refractivity contribution in [3.05, 3.63) is 53.7 Å². The molecule has 0 bridgehead atoms. The highest BCUT2D eigenvalue weighted by molar-refractivity contribution is 6.04. The molecule has 2 heterocycles. The monoisotopic (exact) mass is 340 g/mol. The van der Waals surface area contributed by atoms with Crippen molar-refractivity contribution in [2.45, 2.75) is 0 Å². The predicted octanol–water partition coefficient (Wildman–Crippen LogP) is 1.53. The molecule has 0 atom stereocenters. The van der Waals surface area contributed by atoms with Crippen LogP contribution in [0.2, 0.25) is 0 Å². The van der Waals surface area contributed by atoms with Crippen molar-refractivity contribution in [3.63, 3.8) is 0 Å². The molecule has 1 aliphatic rings. The summed E-state index contributed by atoms with van der Waals surface area (Å²) in [6, 6.07) is 10.3. The maximum Gasteiger partial charge on any atom is 0.257 e. The van der Waals surface area contributed by atoms with E-state index in [2.05, 4.69) is 20.5 Å². The summed E-state index contributed by atoms with van der Waals surface area (Å²) < 4.78 is 5.32. The van der Waals surface area contributed by atoms with Crippen LogP contribution in [-0.4, -0.2) is 50.1 Å². The molecule has 2 aromatic rings. The molecule has 1 saturated heterocycles. The molecule has 130 valence electrons. The number of anilines is 2. The predicted molar refractivity (Wildman–Crippen MR) is 95.1 cm³/mol. The Bertz CT molecular complexity index is 738. The maximum absolute atomic E-state index is 12.3. The van der Waals surface area contributed by atoms with Gasteiger partial charge in [0.15, 0.2) is 0 Å². The zero-order valence-corrected chi connectivity index (χ0v) is 14.0. The van der Waals surface area contributed by atoms with Gasteiger partial charge in [-0.2, -0.15) is 0 Å². The fraction of sp³-hybridized carbons (Fsp3) is 0.278. The number of morpholine rings is 1. The second kappa shape index (κ2) is 7.76. The summed E-state index contributed by atoms with van der Waals surface area (Å²) in [6.07, 6.45) is 1.57. The number of pyridine rings is 1. The van der Waals surface area contributed by atoms with Gasteiger partial charge < -0.3 is 20.3 Å². The van der Waals surface area contributed by atoms with E-state index < -0.39 is 0 Å². The minimum absolute atomic E-state index is 0.166. The fourth-order valence-electron chi connectivity index (χ4n) is 2.55. The Hall–Kier alpha value is -2.93. The topological polar surface area (TPSA) is 83.6 Å². The minimum Gasteiger partial charge on any atom is -0.378 e. The van der Waals surface area contributed by atoms with E-state index in [-0.39, 0.29) is 11.8 Å². The van der Waals surface area contributed by atoms with Crippen LogP contribution in [0.4, 0.5) is 11.5 Å². The maximum atomic E-state index is 12.3. The minimum atomic E-state index is -0.242. The van der Waals surface area contributed by atoms with E-state index in [1.165, 1.54) is 0 Å². The molecule has 1 aliphatic heterocycles. The van der Waals surface area contributed by atoms with E-state index in [1.54, 1.807) is 43.6 Å². The fourth-order valence-corrected chi connectivity index (χ4v) is 2.55. The van der Waals surface area contributed by atoms with E-state index in [4.69, 9.17) is 4.74 Å². The van der Waals surface area contributed by atoms with Crippen LogP contribution in [0.15, 0.2) is 42.6 Å². The summed E-state index contributed by atoms with van der Waals surface area (Å²) in [5.41, 5.74) is 1.64. The molecule has 3 rings (SSSR count). The van der Waals surface area contributed by atoms with Gasteiger partial charge in [-0.25, -0.2) is 4.98 Å². The van der Waals surface area contributed by atoms with E-state index >= 15 is 0 Å². The van der Waals surface area contributed by atoms with Gasteiger partial charge in [-0.05, 0) is 36.4 Å². The molecule has 0 aliphatic carbocycles. The first-order valence-electron chi connectivity index (χ1n) is 8.09. The lowest BCUT2D eigenvalue weighted by atomic mass is 10.2. The normalized spacial score (nSPS) is 14.0. The highest BCUT2D eigenvalue weighted by Gasteiger charge is 2.13. The number of amides is 2. The van der Waals surface area contributed by atoms with Crippen molar-refractivity contribution >= 4 is 23.3 Å². The Morgan fingerprint density at radius 2 is 1.68 bits per heavy atom. The molecule has 1 fully saturated rings. The third-order valence-corrected chi connectivity index (χ3v) is 3.98. The van der Waals surface area contributed by atoms with Crippen LogP contribution in [0.1, 0.15) is 20.7 Å². The molecule has 0 spiro atoms. The number of rotatable bonds is 4. The summed E-state index contributed by atoms with van der Waals surface area (Å²) in [4.78, 5) is 30.3. The van der Waals surface area contributed by atoms with Crippen LogP contribution in [0.5, 0.6) is 0 Å². The van der Waals surface area contributed by atoms with Gasteiger partial charge in [-0.1, -0.05) is 0 Å². The lowest BCUT2D eigenvalue weighted by Crippen LogP contribution is -2.36. The quantitative estimate of drug-likeness (QED) is 0.882. The lowest BCUT2D eigenvalue weighted by molar-refractivity contribution is 0.0962. The Morgan fingerprint density at radius 3 is 2.28 bits per heavy atom. The first-order chi connectivity index (χ1) is 12.2. The lowest BCUT2D eigenvalue weighted by Gasteiger charge is -2.27. The Labute approximate surface area is 146 Å². The van der Waals surface area contributed by atoms with Gasteiger partial charge in [0.1, 0.15) is 5.82 Å². The molecule has 2 N–H and O–H groups in total. The third-order valence-electron chi connectivity index (χ3n) is 3.98. The molecule has 0 radical (unpaired) electrons. The van der Waals surface area contributed by atoms with Crippen LogP contribution in [-0.2, 0) is 4.74 Å². The number of hydrogen-bond acceptors (Lipinski definition) is 5. The first kappa shape index (κ1) is 16.9. The summed E-state index contributed by atoms with van der Waals surface area (Å²) >= 11 is 0. The van der Waals surface area contributed by atoms with Gasteiger partial charge in [0.05, 0.1) is 18.8 Å². The van der Waals surface area contributed by atoms with Crippen LogP contribution < -0.4 is 15.5 Å². The standard InChI is InChI=1S/C18H20N4O3/c1-19-17(23)13-2-5-15(6-3-13)21-18(24)14-4-7-16(20-12-14)22-8-10-25-11-9-22/h2-7,12H,8-11H2,1H3,(H,19,23)(H,21,24). The van der Waals surface area contributed by atoms with Crippen molar-refractivity contribution < 1.29 is 14.3 Å². The Balaban J connectivity index is 1.63. The molecular weight excluding hydrogens is 320 g/mol. The molecule has 1 aromatic heterocycles. The largest absolute Gasteiger partial charge is 0.378 e. The first-order valence-corrected chi connectivity index (χ1v) is 8.09. The van der Waals surface area contributed by atoms with Crippen LogP contribution in [0.3, 0.4) is 0 Å². The molecule has 1 aromatic carbocycles. The van der Waals surface area contributed by atoms with E-state index in [1.807, 2.05) is 6.07 Å². The Kier molecular flexibility index (Phi) is 5.25. The number of nitrogens with zero attached hydrogens (tertiary/aromatic N) is 2. The highest BCUT2D eigenvalue weighted by Crippen LogP contribution is 2.15. The number of benzene rings is 1. The second-order valence-electron chi connectivity index (χ2n) is 5.62. The van der Waals surface area contributed by atoms with Crippen LogP contribution in [0, 0.1) is 0 Å². The van der Waals surface area contributed by atoms with Gasteiger partial charge in [-0.3, -0.25) is 9.59 Å². The van der Waals surface area contributed by atoms with Gasteiger partial charge in [-0.15, -0.1) is 0 Å². The molecule has 0 saturated carbocycles. The molecule has 0 unspecified atom stereocenters. The number of aromatic nitrogens is 1. The van der Waals surface area contributed by atoms with Crippen molar-refractivity contribution in [1.82, 2.24) is 10.3 Å². The number of carbonyl (C=O) groups excluding carboxylic acids is 2. The zero-order chi connectivity index (χ0) is 17.6. The van der Waals surface area contributed by atoms with Gasteiger partial charge >= 0.3 is 0 Å². The zero-order valence-electron chi connectivity index (χ0n) is 14.0. The highest BCUT2D eigenvalue weighted by atomic mass is 16.5. The van der Waals surface area contributed by atoms with E-state index in [9.17, 15) is 9.59 Å². The third kappa shape index (κ3) is 4.13. The molecule has 7 nitrogen and oxygen atoms in total. The smallest absolute Gasteiger partial charge is 0.257 e. The molecule has 2 amide bonds. The molecule has 25 heavy (non-hydrogen) atoms. The van der Waals surface area contributed by atoms with Crippen LogP contribution in [0.25, 0.3) is 0 Å². The summed E-state index contributed by atoms with van der Waals surface area (Å²) in [7, 11) is 1.57. The van der Waals surface area contributed by atoms with Crippen molar-refractivity contribution in [1.29, 1.82) is 0 Å². The average Bonchev–Trinajstić information content (AvgIpc) is 2.68. The van der Waals surface area contributed by atoms with Gasteiger partial charge in [0.25, 0.3) is 11.8 Å². The number of ether oxygens (including phenoxy) is 1.